The second kappa shape index (κ2) is 5.05. The predicted molar refractivity (Wildman–Crippen MR) is 70.4 cm³/mol. The molecule has 0 saturated heterocycles. The van der Waals surface area contributed by atoms with Crippen molar-refractivity contribution in [3.05, 3.63) is 35.4 Å². The lowest BCUT2D eigenvalue weighted by Crippen LogP contribution is -2.36. The van der Waals surface area contributed by atoms with Crippen LogP contribution < -0.4 is 0 Å². The highest BCUT2D eigenvalue weighted by molar-refractivity contribution is 7.99. The Labute approximate surface area is 102 Å². The van der Waals surface area contributed by atoms with E-state index in [9.17, 15) is 4.79 Å². The number of carbonyl (C=O) groups is 1. The zero-order valence-electron chi connectivity index (χ0n) is 9.74. The topological polar surface area (TPSA) is 17.1 Å². The Kier molecular flexibility index (Phi) is 3.70. The maximum absolute atomic E-state index is 10.6. The van der Waals surface area contributed by atoms with E-state index in [4.69, 9.17) is 0 Å². The van der Waals surface area contributed by atoms with Crippen molar-refractivity contribution in [3.8, 4) is 0 Å². The van der Waals surface area contributed by atoms with Gasteiger partial charge < -0.3 is 0 Å². The molecule has 0 heterocycles. The summed E-state index contributed by atoms with van der Waals surface area (Å²) in [5, 5.41) is 0. The SMILES string of the molecule is CCSCC1(c2ccc(C=O)cc2)CCC1. The van der Waals surface area contributed by atoms with Gasteiger partial charge in [-0.25, -0.2) is 0 Å². The van der Waals surface area contributed by atoms with E-state index >= 15 is 0 Å². The molecule has 1 aromatic carbocycles. The summed E-state index contributed by atoms with van der Waals surface area (Å²) in [6, 6.07) is 8.16. The molecule has 86 valence electrons. The summed E-state index contributed by atoms with van der Waals surface area (Å²) in [7, 11) is 0. The predicted octanol–water partition coefficient (Wildman–Crippen LogP) is 3.67. The molecule has 1 aliphatic rings. The third-order valence-electron chi connectivity index (χ3n) is 3.55. The van der Waals surface area contributed by atoms with Crippen molar-refractivity contribution in [2.75, 3.05) is 11.5 Å². The van der Waals surface area contributed by atoms with Gasteiger partial charge in [0.25, 0.3) is 0 Å². The molecule has 1 aliphatic carbocycles. The maximum Gasteiger partial charge on any atom is 0.150 e. The van der Waals surface area contributed by atoms with Gasteiger partial charge in [0.1, 0.15) is 6.29 Å². The Balaban J connectivity index is 2.16. The molecule has 1 nitrogen and oxygen atoms in total. The smallest absolute Gasteiger partial charge is 0.150 e. The molecule has 0 radical (unpaired) electrons. The molecule has 0 spiro atoms. The standard InChI is InChI=1S/C14H18OS/c1-2-16-11-14(8-3-9-14)13-6-4-12(10-15)5-7-13/h4-7,10H,2-3,8-9,11H2,1H3. The van der Waals surface area contributed by atoms with Gasteiger partial charge in [-0.2, -0.15) is 11.8 Å². The first-order valence-electron chi connectivity index (χ1n) is 5.94. The van der Waals surface area contributed by atoms with E-state index in [0.717, 1.165) is 11.8 Å². The van der Waals surface area contributed by atoms with Gasteiger partial charge in [0.05, 0.1) is 0 Å². The molecule has 16 heavy (non-hydrogen) atoms. The molecule has 0 unspecified atom stereocenters. The summed E-state index contributed by atoms with van der Waals surface area (Å²) in [6.07, 6.45) is 4.87. The second-order valence-electron chi connectivity index (χ2n) is 4.51. The molecule has 0 atom stereocenters. The Morgan fingerprint density at radius 2 is 2.00 bits per heavy atom. The minimum atomic E-state index is 0.405. The molecular weight excluding hydrogens is 216 g/mol. The average molecular weight is 234 g/mol. The lowest BCUT2D eigenvalue weighted by molar-refractivity contribution is 0.112. The van der Waals surface area contributed by atoms with Crippen LogP contribution in [-0.2, 0) is 5.41 Å². The van der Waals surface area contributed by atoms with Gasteiger partial charge in [0.15, 0.2) is 0 Å². The van der Waals surface area contributed by atoms with E-state index < -0.39 is 0 Å². The van der Waals surface area contributed by atoms with Crippen molar-refractivity contribution < 1.29 is 4.79 Å². The second-order valence-corrected chi connectivity index (χ2v) is 5.79. The van der Waals surface area contributed by atoms with E-state index in [0.29, 0.717) is 5.41 Å². The number of aldehydes is 1. The highest BCUT2D eigenvalue weighted by atomic mass is 32.2. The monoisotopic (exact) mass is 234 g/mol. The van der Waals surface area contributed by atoms with Crippen LogP contribution in [-0.4, -0.2) is 17.8 Å². The zero-order valence-corrected chi connectivity index (χ0v) is 10.6. The minimum Gasteiger partial charge on any atom is -0.298 e. The largest absolute Gasteiger partial charge is 0.298 e. The maximum atomic E-state index is 10.6. The van der Waals surface area contributed by atoms with Crippen LogP contribution in [0.25, 0.3) is 0 Å². The fraction of sp³-hybridized carbons (Fsp3) is 0.500. The van der Waals surface area contributed by atoms with Crippen molar-refractivity contribution >= 4 is 18.0 Å². The van der Waals surface area contributed by atoms with Crippen LogP contribution in [0.4, 0.5) is 0 Å². The van der Waals surface area contributed by atoms with Crippen LogP contribution in [0.2, 0.25) is 0 Å². The normalized spacial score (nSPS) is 17.8. The number of carbonyl (C=O) groups excluding carboxylic acids is 1. The highest BCUT2D eigenvalue weighted by Crippen LogP contribution is 2.45. The van der Waals surface area contributed by atoms with Gasteiger partial charge >= 0.3 is 0 Å². The van der Waals surface area contributed by atoms with Crippen LogP contribution in [0.5, 0.6) is 0 Å². The summed E-state index contributed by atoms with van der Waals surface area (Å²) in [5.74, 6) is 2.41. The first-order valence-corrected chi connectivity index (χ1v) is 7.10. The third kappa shape index (κ3) is 2.17. The number of rotatable bonds is 5. The lowest BCUT2D eigenvalue weighted by atomic mass is 9.66. The summed E-state index contributed by atoms with van der Waals surface area (Å²) in [4.78, 5) is 10.6. The molecule has 1 saturated carbocycles. The molecule has 0 N–H and O–H groups in total. The van der Waals surface area contributed by atoms with E-state index in [1.165, 1.54) is 36.3 Å². The van der Waals surface area contributed by atoms with E-state index in [-0.39, 0.29) is 0 Å². The molecule has 0 aromatic heterocycles. The van der Waals surface area contributed by atoms with E-state index in [1.54, 1.807) is 0 Å². The Morgan fingerprint density at radius 1 is 1.31 bits per heavy atom. The molecule has 0 bridgehead atoms. The average Bonchev–Trinajstić information content (AvgIpc) is 2.29. The summed E-state index contributed by atoms with van der Waals surface area (Å²) in [5.41, 5.74) is 2.61. The van der Waals surface area contributed by atoms with Crippen LogP contribution in [0.1, 0.15) is 42.1 Å². The molecule has 1 fully saturated rings. The van der Waals surface area contributed by atoms with Crippen molar-refractivity contribution in [1.29, 1.82) is 0 Å². The zero-order chi connectivity index (χ0) is 11.4. The van der Waals surface area contributed by atoms with Gasteiger partial charge in [-0.3, -0.25) is 4.79 Å². The number of benzene rings is 1. The fourth-order valence-corrected chi connectivity index (χ4v) is 3.38. The molecule has 0 aliphatic heterocycles. The van der Waals surface area contributed by atoms with Crippen LogP contribution in [0.15, 0.2) is 24.3 Å². The van der Waals surface area contributed by atoms with Gasteiger partial charge in [0.2, 0.25) is 0 Å². The van der Waals surface area contributed by atoms with Crippen molar-refractivity contribution in [3.63, 3.8) is 0 Å². The van der Waals surface area contributed by atoms with Crippen LogP contribution >= 0.6 is 11.8 Å². The first-order chi connectivity index (χ1) is 7.80. The molecule has 0 amide bonds. The number of hydrogen-bond acceptors (Lipinski definition) is 2. The summed E-state index contributed by atoms with van der Waals surface area (Å²) < 4.78 is 0. The first kappa shape index (κ1) is 11.7. The van der Waals surface area contributed by atoms with Crippen LogP contribution in [0, 0.1) is 0 Å². The Bertz CT molecular complexity index is 352. The third-order valence-corrected chi connectivity index (χ3v) is 4.72. The quantitative estimate of drug-likeness (QED) is 0.723. The Morgan fingerprint density at radius 3 is 2.44 bits per heavy atom. The molecule has 1 aromatic rings. The van der Waals surface area contributed by atoms with Gasteiger partial charge in [0, 0.05) is 16.7 Å². The molecular formula is C14H18OS. The highest BCUT2D eigenvalue weighted by Gasteiger charge is 2.38. The molecule has 2 heteroatoms. The number of thioether (sulfide) groups is 1. The van der Waals surface area contributed by atoms with Gasteiger partial charge in [-0.15, -0.1) is 0 Å². The van der Waals surface area contributed by atoms with Gasteiger partial charge in [-0.05, 0) is 24.2 Å². The van der Waals surface area contributed by atoms with Crippen molar-refractivity contribution in [1.82, 2.24) is 0 Å². The summed E-state index contributed by atoms with van der Waals surface area (Å²) in [6.45, 7) is 2.21. The van der Waals surface area contributed by atoms with Crippen molar-refractivity contribution in [2.45, 2.75) is 31.6 Å². The minimum absolute atomic E-state index is 0.405. The van der Waals surface area contributed by atoms with Gasteiger partial charge in [-0.1, -0.05) is 37.6 Å². The van der Waals surface area contributed by atoms with Crippen LogP contribution in [0.3, 0.4) is 0 Å². The number of hydrogen-bond donors (Lipinski definition) is 0. The summed E-state index contributed by atoms with van der Waals surface area (Å²) >= 11 is 2.03. The Hall–Kier alpha value is -0.760. The van der Waals surface area contributed by atoms with Crippen molar-refractivity contribution in [2.24, 2.45) is 0 Å². The lowest BCUT2D eigenvalue weighted by Gasteiger charge is -2.42. The molecule has 2 rings (SSSR count). The fourth-order valence-electron chi connectivity index (χ4n) is 2.33. The van der Waals surface area contributed by atoms with E-state index in [2.05, 4.69) is 19.1 Å². The van der Waals surface area contributed by atoms with E-state index in [1.807, 2.05) is 23.9 Å².